The standard InChI is InChI=1S/C6H12N2OS/c1-4-6(8-3-9)5(7)2-10-4/h3-6H,2,7H2,1H3,(H,8,9)/t4?,5-,6+/m0/s1. The molecule has 1 heterocycles. The zero-order valence-corrected chi connectivity index (χ0v) is 6.73. The summed E-state index contributed by atoms with van der Waals surface area (Å²) in [5.41, 5.74) is 5.71. The van der Waals surface area contributed by atoms with Crippen LogP contribution in [0, 0.1) is 0 Å². The number of thioether (sulfide) groups is 1. The fourth-order valence-corrected chi connectivity index (χ4v) is 2.38. The Morgan fingerprint density at radius 1 is 1.80 bits per heavy atom. The minimum Gasteiger partial charge on any atom is -0.353 e. The molecule has 0 aromatic carbocycles. The Morgan fingerprint density at radius 2 is 2.50 bits per heavy atom. The van der Waals surface area contributed by atoms with Crippen LogP contribution in [0.4, 0.5) is 0 Å². The number of hydrogen-bond donors (Lipinski definition) is 2. The van der Waals surface area contributed by atoms with E-state index in [4.69, 9.17) is 5.73 Å². The smallest absolute Gasteiger partial charge is 0.207 e. The maximum Gasteiger partial charge on any atom is 0.207 e. The van der Waals surface area contributed by atoms with Gasteiger partial charge >= 0.3 is 0 Å². The van der Waals surface area contributed by atoms with Crippen LogP contribution >= 0.6 is 11.8 Å². The van der Waals surface area contributed by atoms with Gasteiger partial charge in [-0.05, 0) is 0 Å². The highest BCUT2D eigenvalue weighted by Crippen LogP contribution is 2.24. The molecule has 1 saturated heterocycles. The van der Waals surface area contributed by atoms with Crippen molar-refractivity contribution < 1.29 is 4.79 Å². The second-order valence-corrected chi connectivity index (χ2v) is 3.92. The summed E-state index contributed by atoms with van der Waals surface area (Å²) in [5, 5.41) is 3.18. The summed E-state index contributed by atoms with van der Waals surface area (Å²) in [6, 6.07) is 0.299. The first-order chi connectivity index (χ1) is 4.75. The molecule has 1 aliphatic heterocycles. The number of nitrogens with one attached hydrogen (secondary N) is 1. The molecule has 1 amide bonds. The fourth-order valence-electron chi connectivity index (χ4n) is 1.16. The lowest BCUT2D eigenvalue weighted by Crippen LogP contribution is -2.46. The number of amides is 1. The molecule has 0 radical (unpaired) electrons. The van der Waals surface area contributed by atoms with Crippen LogP contribution in [-0.4, -0.2) is 29.5 Å². The van der Waals surface area contributed by atoms with E-state index >= 15 is 0 Å². The Labute approximate surface area is 64.7 Å². The molecule has 3 nitrogen and oxygen atoms in total. The van der Waals surface area contributed by atoms with Crippen LogP contribution in [0.15, 0.2) is 0 Å². The molecule has 3 atom stereocenters. The number of hydrogen-bond acceptors (Lipinski definition) is 3. The summed E-state index contributed by atoms with van der Waals surface area (Å²) in [6.45, 7) is 2.08. The van der Waals surface area contributed by atoms with Gasteiger partial charge in [-0.25, -0.2) is 0 Å². The van der Waals surface area contributed by atoms with Gasteiger partial charge in [0.25, 0.3) is 0 Å². The van der Waals surface area contributed by atoms with Crippen molar-refractivity contribution in [2.24, 2.45) is 5.73 Å². The zero-order chi connectivity index (χ0) is 7.56. The lowest BCUT2D eigenvalue weighted by atomic mass is 10.1. The molecular formula is C6H12N2OS. The van der Waals surface area contributed by atoms with Crippen molar-refractivity contribution in [1.82, 2.24) is 5.32 Å². The highest BCUT2D eigenvalue weighted by Gasteiger charge is 2.30. The topological polar surface area (TPSA) is 55.1 Å². The summed E-state index contributed by atoms with van der Waals surface area (Å²) in [7, 11) is 0. The van der Waals surface area contributed by atoms with E-state index in [1.807, 2.05) is 0 Å². The van der Waals surface area contributed by atoms with Gasteiger partial charge in [-0.1, -0.05) is 6.92 Å². The van der Waals surface area contributed by atoms with Crippen LogP contribution in [0.25, 0.3) is 0 Å². The summed E-state index contributed by atoms with van der Waals surface area (Å²) in [6.07, 6.45) is 0.729. The third-order valence-corrected chi connectivity index (χ3v) is 3.18. The molecule has 3 N–H and O–H groups in total. The Kier molecular flexibility index (Phi) is 2.56. The van der Waals surface area contributed by atoms with Gasteiger partial charge in [-0.15, -0.1) is 0 Å². The molecule has 0 aromatic heterocycles. The van der Waals surface area contributed by atoms with Crippen molar-refractivity contribution in [2.75, 3.05) is 5.75 Å². The molecule has 0 aliphatic carbocycles. The van der Waals surface area contributed by atoms with Gasteiger partial charge in [0.05, 0.1) is 6.04 Å². The van der Waals surface area contributed by atoms with E-state index in [0.717, 1.165) is 12.2 Å². The highest BCUT2D eigenvalue weighted by molar-refractivity contribution is 8.00. The van der Waals surface area contributed by atoms with Crippen molar-refractivity contribution >= 4 is 18.2 Å². The molecule has 1 fully saturated rings. The SMILES string of the molecule is CC1SC[C@H](N)[C@@H]1NC=O. The van der Waals surface area contributed by atoms with E-state index < -0.39 is 0 Å². The van der Waals surface area contributed by atoms with E-state index in [-0.39, 0.29) is 12.1 Å². The molecule has 4 heteroatoms. The molecular weight excluding hydrogens is 148 g/mol. The Morgan fingerprint density at radius 3 is 2.90 bits per heavy atom. The summed E-state index contributed by atoms with van der Waals surface area (Å²) in [4.78, 5) is 10.1. The first kappa shape index (κ1) is 7.88. The van der Waals surface area contributed by atoms with Gasteiger partial charge < -0.3 is 11.1 Å². The molecule has 0 spiro atoms. The van der Waals surface area contributed by atoms with Crippen molar-refractivity contribution in [1.29, 1.82) is 0 Å². The highest BCUT2D eigenvalue weighted by atomic mass is 32.2. The molecule has 1 unspecified atom stereocenters. The molecule has 0 saturated carbocycles. The lowest BCUT2D eigenvalue weighted by Gasteiger charge is -2.16. The second-order valence-electron chi connectivity index (χ2n) is 2.51. The van der Waals surface area contributed by atoms with Crippen molar-refractivity contribution in [3.63, 3.8) is 0 Å². The number of carbonyl (C=O) groups is 1. The van der Waals surface area contributed by atoms with Gasteiger partial charge in [0.2, 0.25) is 6.41 Å². The molecule has 58 valence electrons. The predicted molar refractivity (Wildman–Crippen MR) is 42.9 cm³/mol. The minimum absolute atomic E-state index is 0.130. The zero-order valence-electron chi connectivity index (χ0n) is 5.91. The lowest BCUT2D eigenvalue weighted by molar-refractivity contribution is -0.110. The van der Waals surface area contributed by atoms with Gasteiger partial charge in [0.15, 0.2) is 0 Å². The summed E-state index contributed by atoms with van der Waals surface area (Å²) >= 11 is 1.81. The van der Waals surface area contributed by atoms with Crippen molar-refractivity contribution in [2.45, 2.75) is 24.3 Å². The Balaban J connectivity index is 2.45. The third kappa shape index (κ3) is 1.44. The maximum absolute atomic E-state index is 10.1. The number of nitrogens with two attached hydrogens (primary N) is 1. The Hall–Kier alpha value is -0.220. The third-order valence-electron chi connectivity index (χ3n) is 1.78. The monoisotopic (exact) mass is 160 g/mol. The van der Waals surface area contributed by atoms with Crippen LogP contribution in [0.5, 0.6) is 0 Å². The normalized spacial score (nSPS) is 39.6. The molecule has 1 aliphatic rings. The van der Waals surface area contributed by atoms with E-state index in [1.54, 1.807) is 11.8 Å². The first-order valence-corrected chi connectivity index (χ1v) is 4.37. The molecule has 0 aromatic rings. The first-order valence-electron chi connectivity index (χ1n) is 3.32. The minimum atomic E-state index is 0.130. The van der Waals surface area contributed by atoms with Gasteiger partial charge in [-0.2, -0.15) is 11.8 Å². The van der Waals surface area contributed by atoms with E-state index in [2.05, 4.69) is 12.2 Å². The second kappa shape index (κ2) is 3.25. The van der Waals surface area contributed by atoms with E-state index in [9.17, 15) is 4.79 Å². The molecule has 10 heavy (non-hydrogen) atoms. The van der Waals surface area contributed by atoms with E-state index in [1.165, 1.54) is 0 Å². The quantitative estimate of drug-likeness (QED) is 0.539. The predicted octanol–water partition coefficient (Wildman–Crippen LogP) is -0.436. The van der Waals surface area contributed by atoms with Crippen LogP contribution in [-0.2, 0) is 4.79 Å². The van der Waals surface area contributed by atoms with Gasteiger partial charge in [0.1, 0.15) is 0 Å². The average Bonchev–Trinajstić information content (AvgIpc) is 2.20. The van der Waals surface area contributed by atoms with Crippen LogP contribution < -0.4 is 11.1 Å². The maximum atomic E-state index is 10.1. The van der Waals surface area contributed by atoms with Crippen LogP contribution in [0.3, 0.4) is 0 Å². The largest absolute Gasteiger partial charge is 0.353 e. The van der Waals surface area contributed by atoms with Crippen molar-refractivity contribution in [3.05, 3.63) is 0 Å². The van der Waals surface area contributed by atoms with Crippen LogP contribution in [0.2, 0.25) is 0 Å². The van der Waals surface area contributed by atoms with Gasteiger partial charge in [-0.3, -0.25) is 4.79 Å². The molecule has 1 rings (SSSR count). The van der Waals surface area contributed by atoms with Gasteiger partial charge in [0, 0.05) is 17.0 Å². The average molecular weight is 160 g/mol. The fraction of sp³-hybridized carbons (Fsp3) is 0.833. The summed E-state index contributed by atoms with van der Waals surface area (Å²) in [5.74, 6) is 0.951. The molecule has 0 bridgehead atoms. The van der Waals surface area contributed by atoms with Crippen LogP contribution in [0.1, 0.15) is 6.92 Å². The Bertz CT molecular complexity index is 121. The van der Waals surface area contributed by atoms with E-state index in [0.29, 0.717) is 5.25 Å². The number of carbonyl (C=O) groups excluding carboxylic acids is 1. The number of rotatable bonds is 2. The van der Waals surface area contributed by atoms with Crippen molar-refractivity contribution in [3.8, 4) is 0 Å². The summed E-state index contributed by atoms with van der Waals surface area (Å²) < 4.78 is 0.